The predicted molar refractivity (Wildman–Crippen MR) is 77.0 cm³/mol. The van der Waals surface area contributed by atoms with E-state index in [9.17, 15) is 10.1 Å². The van der Waals surface area contributed by atoms with E-state index in [1.165, 1.54) is 6.33 Å². The van der Waals surface area contributed by atoms with Crippen molar-refractivity contribution in [2.75, 3.05) is 17.2 Å². The maximum Gasteiger partial charge on any atom is 0.353 e. The Kier molecular flexibility index (Phi) is 3.79. The van der Waals surface area contributed by atoms with Crippen LogP contribution in [0.1, 0.15) is 12.5 Å². The second-order valence-corrected chi connectivity index (χ2v) is 4.27. The molecule has 104 valence electrons. The van der Waals surface area contributed by atoms with Crippen LogP contribution in [-0.4, -0.2) is 21.4 Å². The van der Waals surface area contributed by atoms with Crippen LogP contribution in [0, 0.1) is 17.0 Å². The second-order valence-electron chi connectivity index (χ2n) is 4.27. The Morgan fingerprint density at radius 1 is 1.40 bits per heavy atom. The predicted octanol–water partition coefficient (Wildman–Crippen LogP) is 2.43. The molecule has 0 saturated heterocycles. The summed E-state index contributed by atoms with van der Waals surface area (Å²) >= 11 is 0. The molecular weight excluding hydrogens is 258 g/mol. The Morgan fingerprint density at radius 2 is 2.15 bits per heavy atom. The van der Waals surface area contributed by atoms with Crippen LogP contribution in [0.15, 0.2) is 30.6 Å². The van der Waals surface area contributed by atoms with Gasteiger partial charge in [-0.2, -0.15) is 0 Å². The number of nitro groups is 1. The smallest absolute Gasteiger partial charge is 0.353 e. The highest BCUT2D eigenvalue weighted by Gasteiger charge is 2.25. The van der Waals surface area contributed by atoms with E-state index in [0.717, 1.165) is 11.3 Å². The van der Waals surface area contributed by atoms with Gasteiger partial charge in [0.05, 0.1) is 4.92 Å². The van der Waals surface area contributed by atoms with Gasteiger partial charge in [0.1, 0.15) is 6.33 Å². The fourth-order valence-corrected chi connectivity index (χ4v) is 2.01. The van der Waals surface area contributed by atoms with Gasteiger partial charge in [0.25, 0.3) is 0 Å². The van der Waals surface area contributed by atoms with E-state index in [-0.39, 0.29) is 17.3 Å². The highest BCUT2D eigenvalue weighted by Crippen LogP contribution is 2.34. The van der Waals surface area contributed by atoms with Crippen LogP contribution < -0.4 is 10.6 Å². The number of rotatable bonds is 4. The SMILES string of the molecule is CCN(c1cccc(C)c1)c1ncnc(N)c1[N+](=O)[O-]. The Morgan fingerprint density at radius 3 is 2.75 bits per heavy atom. The van der Waals surface area contributed by atoms with E-state index in [2.05, 4.69) is 9.97 Å². The van der Waals surface area contributed by atoms with Crippen molar-refractivity contribution in [3.8, 4) is 0 Å². The molecule has 1 aromatic carbocycles. The summed E-state index contributed by atoms with van der Waals surface area (Å²) in [5.41, 5.74) is 7.22. The lowest BCUT2D eigenvalue weighted by molar-refractivity contribution is -0.383. The lowest BCUT2D eigenvalue weighted by atomic mass is 10.2. The molecule has 2 N–H and O–H groups in total. The Labute approximate surface area is 116 Å². The standard InChI is InChI=1S/C13H15N5O2/c1-3-17(10-6-4-5-9(2)7-10)13-11(18(19)20)12(14)15-8-16-13/h4-8H,3H2,1-2H3,(H2,14,15,16). The van der Waals surface area contributed by atoms with E-state index in [1.54, 1.807) is 4.90 Å². The molecule has 7 nitrogen and oxygen atoms in total. The molecule has 2 rings (SSSR count). The average Bonchev–Trinajstić information content (AvgIpc) is 2.39. The topological polar surface area (TPSA) is 98.2 Å². The molecule has 0 aliphatic heterocycles. The third-order valence-corrected chi connectivity index (χ3v) is 2.90. The van der Waals surface area contributed by atoms with Crippen LogP contribution in [-0.2, 0) is 0 Å². The Bertz CT molecular complexity index is 644. The zero-order chi connectivity index (χ0) is 14.7. The maximum atomic E-state index is 11.2. The van der Waals surface area contributed by atoms with E-state index >= 15 is 0 Å². The number of aromatic nitrogens is 2. The molecule has 0 amide bonds. The number of hydrogen-bond donors (Lipinski definition) is 1. The van der Waals surface area contributed by atoms with E-state index in [4.69, 9.17) is 5.73 Å². The fraction of sp³-hybridized carbons (Fsp3) is 0.231. The molecule has 0 bridgehead atoms. The van der Waals surface area contributed by atoms with Gasteiger partial charge in [-0.25, -0.2) is 9.97 Å². The van der Waals surface area contributed by atoms with Crippen molar-refractivity contribution in [3.63, 3.8) is 0 Å². The zero-order valence-corrected chi connectivity index (χ0v) is 11.3. The molecule has 0 aliphatic carbocycles. The molecule has 7 heteroatoms. The van der Waals surface area contributed by atoms with Crippen LogP contribution in [0.25, 0.3) is 0 Å². The molecule has 1 aromatic heterocycles. The van der Waals surface area contributed by atoms with Gasteiger partial charge in [0, 0.05) is 12.2 Å². The zero-order valence-electron chi connectivity index (χ0n) is 11.3. The van der Waals surface area contributed by atoms with Crippen molar-refractivity contribution in [2.45, 2.75) is 13.8 Å². The number of aryl methyl sites for hydroxylation is 1. The maximum absolute atomic E-state index is 11.2. The highest BCUT2D eigenvalue weighted by atomic mass is 16.6. The quantitative estimate of drug-likeness (QED) is 0.678. The minimum atomic E-state index is -0.552. The first-order chi connectivity index (χ1) is 9.54. The van der Waals surface area contributed by atoms with Crippen molar-refractivity contribution in [1.82, 2.24) is 9.97 Å². The minimum Gasteiger partial charge on any atom is -0.378 e. The molecule has 0 atom stereocenters. The first-order valence-corrected chi connectivity index (χ1v) is 6.13. The van der Waals surface area contributed by atoms with Crippen LogP contribution in [0.5, 0.6) is 0 Å². The van der Waals surface area contributed by atoms with Gasteiger partial charge in [0.2, 0.25) is 11.6 Å². The van der Waals surface area contributed by atoms with Gasteiger partial charge in [-0.05, 0) is 31.5 Å². The molecule has 1 heterocycles. The van der Waals surface area contributed by atoms with Crippen LogP contribution in [0.4, 0.5) is 23.0 Å². The van der Waals surface area contributed by atoms with Crippen molar-refractivity contribution < 1.29 is 4.92 Å². The molecule has 0 aliphatic rings. The van der Waals surface area contributed by atoms with Gasteiger partial charge < -0.3 is 10.6 Å². The monoisotopic (exact) mass is 273 g/mol. The summed E-state index contributed by atoms with van der Waals surface area (Å²) in [6, 6.07) is 7.66. The first kappa shape index (κ1) is 13.7. The molecule has 2 aromatic rings. The van der Waals surface area contributed by atoms with Gasteiger partial charge in [-0.1, -0.05) is 12.1 Å². The molecule has 0 radical (unpaired) electrons. The Hall–Kier alpha value is -2.70. The number of nitrogens with zero attached hydrogens (tertiary/aromatic N) is 4. The third kappa shape index (κ3) is 2.51. The van der Waals surface area contributed by atoms with Gasteiger partial charge >= 0.3 is 5.69 Å². The highest BCUT2D eigenvalue weighted by molar-refractivity contribution is 5.74. The van der Waals surface area contributed by atoms with Gasteiger partial charge in [0.15, 0.2) is 0 Å². The Balaban J connectivity index is 2.58. The van der Waals surface area contributed by atoms with Crippen LogP contribution in [0.2, 0.25) is 0 Å². The lowest BCUT2D eigenvalue weighted by Crippen LogP contribution is -2.19. The summed E-state index contributed by atoms with van der Waals surface area (Å²) in [7, 11) is 0. The van der Waals surface area contributed by atoms with Gasteiger partial charge in [-0.15, -0.1) is 0 Å². The number of benzene rings is 1. The molecule has 0 unspecified atom stereocenters. The number of anilines is 3. The summed E-state index contributed by atoms with van der Waals surface area (Å²) in [6.45, 7) is 4.38. The summed E-state index contributed by atoms with van der Waals surface area (Å²) < 4.78 is 0. The molecule has 20 heavy (non-hydrogen) atoms. The summed E-state index contributed by atoms with van der Waals surface area (Å²) in [6.07, 6.45) is 1.23. The largest absolute Gasteiger partial charge is 0.378 e. The van der Waals surface area contributed by atoms with E-state index in [1.807, 2.05) is 38.1 Å². The minimum absolute atomic E-state index is 0.133. The number of hydrogen-bond acceptors (Lipinski definition) is 6. The first-order valence-electron chi connectivity index (χ1n) is 6.13. The average molecular weight is 273 g/mol. The lowest BCUT2D eigenvalue weighted by Gasteiger charge is -2.22. The van der Waals surface area contributed by atoms with Crippen molar-refractivity contribution in [1.29, 1.82) is 0 Å². The van der Waals surface area contributed by atoms with Crippen LogP contribution in [0.3, 0.4) is 0 Å². The molecule has 0 spiro atoms. The molecule has 0 fully saturated rings. The van der Waals surface area contributed by atoms with Gasteiger partial charge in [-0.3, -0.25) is 10.1 Å². The normalized spacial score (nSPS) is 10.3. The summed E-state index contributed by atoms with van der Waals surface area (Å²) in [5.74, 6) is 0.0710. The molecule has 0 saturated carbocycles. The van der Waals surface area contributed by atoms with Crippen molar-refractivity contribution in [2.24, 2.45) is 0 Å². The fourth-order valence-electron chi connectivity index (χ4n) is 2.01. The van der Waals surface area contributed by atoms with Crippen molar-refractivity contribution >= 4 is 23.0 Å². The third-order valence-electron chi connectivity index (χ3n) is 2.90. The van der Waals surface area contributed by atoms with E-state index < -0.39 is 4.92 Å². The molecular formula is C13H15N5O2. The number of nitrogen functional groups attached to an aromatic ring is 1. The second kappa shape index (κ2) is 5.52. The summed E-state index contributed by atoms with van der Waals surface area (Å²) in [5, 5.41) is 11.2. The van der Waals surface area contributed by atoms with E-state index in [0.29, 0.717) is 6.54 Å². The van der Waals surface area contributed by atoms with Crippen molar-refractivity contribution in [3.05, 3.63) is 46.3 Å². The summed E-state index contributed by atoms with van der Waals surface area (Å²) in [4.78, 5) is 20.1. The number of nitrogens with two attached hydrogens (primary N) is 1. The van der Waals surface area contributed by atoms with Crippen LogP contribution >= 0.6 is 0 Å².